The zero-order chi connectivity index (χ0) is 14.3. The average molecular weight is 264 g/mol. The lowest BCUT2D eigenvalue weighted by Crippen LogP contribution is -2.26. The van der Waals surface area contributed by atoms with Gasteiger partial charge in [0.25, 0.3) is 5.91 Å². The van der Waals surface area contributed by atoms with Crippen molar-refractivity contribution >= 4 is 11.6 Å². The highest BCUT2D eigenvalue weighted by Crippen LogP contribution is 2.15. The minimum Gasteiger partial charge on any atom is -0.393 e. The van der Waals surface area contributed by atoms with Crippen LogP contribution in [0.1, 0.15) is 44.0 Å². The minimum atomic E-state index is -0.313. The molecule has 1 aromatic carbocycles. The Morgan fingerprint density at radius 3 is 2.58 bits per heavy atom. The van der Waals surface area contributed by atoms with Gasteiger partial charge in [0.05, 0.1) is 11.7 Å². The Balaban J connectivity index is 2.56. The van der Waals surface area contributed by atoms with Crippen molar-refractivity contribution in [2.75, 3.05) is 11.9 Å². The maximum absolute atomic E-state index is 12.1. The summed E-state index contributed by atoms with van der Waals surface area (Å²) < 4.78 is 0. The fourth-order valence-corrected chi connectivity index (χ4v) is 1.81. The van der Waals surface area contributed by atoms with Gasteiger partial charge in [-0.1, -0.05) is 12.1 Å². The summed E-state index contributed by atoms with van der Waals surface area (Å²) in [6, 6.07) is 7.77. The lowest BCUT2D eigenvalue weighted by molar-refractivity contribution is 0.0950. The molecule has 0 radical (unpaired) electrons. The Bertz CT molecular complexity index is 403. The van der Waals surface area contributed by atoms with Crippen LogP contribution in [0.15, 0.2) is 24.3 Å². The number of benzene rings is 1. The molecule has 1 atom stereocenters. The van der Waals surface area contributed by atoms with Crippen LogP contribution in [-0.4, -0.2) is 29.7 Å². The van der Waals surface area contributed by atoms with Crippen LogP contribution in [0.25, 0.3) is 0 Å². The van der Waals surface area contributed by atoms with Gasteiger partial charge in [-0.25, -0.2) is 0 Å². The second kappa shape index (κ2) is 7.79. The topological polar surface area (TPSA) is 61.4 Å². The van der Waals surface area contributed by atoms with Gasteiger partial charge in [-0.05, 0) is 45.7 Å². The first-order chi connectivity index (χ1) is 9.00. The third kappa shape index (κ3) is 5.75. The van der Waals surface area contributed by atoms with E-state index in [9.17, 15) is 4.79 Å². The van der Waals surface area contributed by atoms with E-state index < -0.39 is 0 Å². The highest BCUT2D eigenvalue weighted by Gasteiger charge is 2.10. The number of anilines is 1. The second-order valence-corrected chi connectivity index (χ2v) is 5.09. The maximum Gasteiger partial charge on any atom is 0.253 e. The van der Waals surface area contributed by atoms with Crippen molar-refractivity contribution in [2.24, 2.45) is 0 Å². The Morgan fingerprint density at radius 1 is 1.26 bits per heavy atom. The number of para-hydroxylation sites is 1. The molecule has 0 aliphatic rings. The van der Waals surface area contributed by atoms with Crippen molar-refractivity contribution in [2.45, 2.75) is 45.8 Å². The predicted molar refractivity (Wildman–Crippen MR) is 78.4 cm³/mol. The number of aliphatic hydroxyl groups excluding tert-OH is 1. The molecule has 0 aromatic heterocycles. The molecular formula is C15H24N2O2. The quantitative estimate of drug-likeness (QED) is 0.663. The van der Waals surface area contributed by atoms with Crippen LogP contribution in [0.3, 0.4) is 0 Å². The Hall–Kier alpha value is -1.55. The third-order valence-corrected chi connectivity index (χ3v) is 2.70. The van der Waals surface area contributed by atoms with E-state index in [4.69, 9.17) is 5.11 Å². The monoisotopic (exact) mass is 264 g/mol. The molecule has 0 bridgehead atoms. The van der Waals surface area contributed by atoms with Crippen molar-refractivity contribution in [3.63, 3.8) is 0 Å². The second-order valence-electron chi connectivity index (χ2n) is 5.09. The molecule has 1 rings (SSSR count). The van der Waals surface area contributed by atoms with Gasteiger partial charge in [0.1, 0.15) is 0 Å². The maximum atomic E-state index is 12.1. The number of hydrogen-bond donors (Lipinski definition) is 3. The fraction of sp³-hybridized carbons (Fsp3) is 0.533. The number of rotatable bonds is 7. The molecule has 1 aromatic rings. The molecule has 0 saturated heterocycles. The van der Waals surface area contributed by atoms with Crippen LogP contribution >= 0.6 is 0 Å². The van der Waals surface area contributed by atoms with Crippen LogP contribution in [0.2, 0.25) is 0 Å². The highest BCUT2D eigenvalue weighted by atomic mass is 16.3. The van der Waals surface area contributed by atoms with Gasteiger partial charge >= 0.3 is 0 Å². The number of aliphatic hydroxyl groups is 1. The van der Waals surface area contributed by atoms with Gasteiger partial charge in [0, 0.05) is 18.3 Å². The molecule has 0 fully saturated rings. The molecule has 1 unspecified atom stereocenters. The molecule has 19 heavy (non-hydrogen) atoms. The summed E-state index contributed by atoms with van der Waals surface area (Å²) in [5.41, 5.74) is 1.51. The SMILES string of the molecule is CC(O)CCCNC(=O)c1ccccc1NC(C)C. The summed E-state index contributed by atoms with van der Waals surface area (Å²) in [5, 5.41) is 15.3. The Labute approximate surface area is 115 Å². The summed E-state index contributed by atoms with van der Waals surface area (Å²) in [7, 11) is 0. The Kier molecular flexibility index (Phi) is 6.36. The molecule has 0 saturated carbocycles. The zero-order valence-corrected chi connectivity index (χ0v) is 11.9. The summed E-state index contributed by atoms with van der Waals surface area (Å²) in [6.45, 7) is 6.41. The number of hydrogen-bond acceptors (Lipinski definition) is 3. The van der Waals surface area contributed by atoms with Crippen molar-refractivity contribution in [3.05, 3.63) is 29.8 Å². The first-order valence-electron chi connectivity index (χ1n) is 6.82. The van der Waals surface area contributed by atoms with Crippen LogP contribution in [0.5, 0.6) is 0 Å². The van der Waals surface area contributed by atoms with E-state index in [0.29, 0.717) is 18.5 Å². The smallest absolute Gasteiger partial charge is 0.253 e. The first-order valence-corrected chi connectivity index (χ1v) is 6.82. The van der Waals surface area contributed by atoms with Crippen LogP contribution in [-0.2, 0) is 0 Å². The van der Waals surface area contributed by atoms with E-state index in [0.717, 1.165) is 12.1 Å². The van der Waals surface area contributed by atoms with E-state index in [1.54, 1.807) is 6.92 Å². The number of carbonyl (C=O) groups is 1. The fourth-order valence-electron chi connectivity index (χ4n) is 1.81. The van der Waals surface area contributed by atoms with Gasteiger partial charge in [0.15, 0.2) is 0 Å². The molecule has 4 heteroatoms. The first kappa shape index (κ1) is 15.5. The van der Waals surface area contributed by atoms with Crippen molar-refractivity contribution in [1.29, 1.82) is 0 Å². The van der Waals surface area contributed by atoms with Crippen LogP contribution < -0.4 is 10.6 Å². The summed E-state index contributed by atoms with van der Waals surface area (Å²) in [4.78, 5) is 12.1. The number of carbonyl (C=O) groups excluding carboxylic acids is 1. The number of amides is 1. The van der Waals surface area contributed by atoms with Crippen molar-refractivity contribution < 1.29 is 9.90 Å². The van der Waals surface area contributed by atoms with E-state index in [-0.39, 0.29) is 18.1 Å². The van der Waals surface area contributed by atoms with E-state index in [1.165, 1.54) is 0 Å². The van der Waals surface area contributed by atoms with Crippen molar-refractivity contribution in [3.8, 4) is 0 Å². The van der Waals surface area contributed by atoms with E-state index in [2.05, 4.69) is 10.6 Å². The average Bonchev–Trinajstić information content (AvgIpc) is 2.34. The summed E-state index contributed by atoms with van der Waals surface area (Å²) in [6.07, 6.45) is 1.17. The van der Waals surface area contributed by atoms with Gasteiger partial charge in [-0.2, -0.15) is 0 Å². The van der Waals surface area contributed by atoms with Gasteiger partial charge < -0.3 is 15.7 Å². The minimum absolute atomic E-state index is 0.0747. The lowest BCUT2D eigenvalue weighted by atomic mass is 10.1. The summed E-state index contributed by atoms with van der Waals surface area (Å²) in [5.74, 6) is -0.0747. The molecular weight excluding hydrogens is 240 g/mol. The summed E-state index contributed by atoms with van der Waals surface area (Å²) >= 11 is 0. The van der Waals surface area contributed by atoms with Crippen LogP contribution in [0, 0.1) is 0 Å². The Morgan fingerprint density at radius 2 is 1.95 bits per heavy atom. The molecule has 1 amide bonds. The zero-order valence-electron chi connectivity index (χ0n) is 11.9. The highest BCUT2D eigenvalue weighted by molar-refractivity contribution is 5.99. The molecule has 0 aliphatic heterocycles. The number of nitrogens with one attached hydrogen (secondary N) is 2. The normalized spacial score (nSPS) is 12.3. The molecule has 106 valence electrons. The third-order valence-electron chi connectivity index (χ3n) is 2.70. The largest absolute Gasteiger partial charge is 0.393 e. The standard InChI is InChI=1S/C15H24N2O2/c1-11(2)17-14-9-5-4-8-13(14)15(19)16-10-6-7-12(3)18/h4-5,8-9,11-12,17-18H,6-7,10H2,1-3H3,(H,16,19). The van der Waals surface area contributed by atoms with Crippen LogP contribution in [0.4, 0.5) is 5.69 Å². The lowest BCUT2D eigenvalue weighted by Gasteiger charge is -2.14. The van der Waals surface area contributed by atoms with E-state index >= 15 is 0 Å². The predicted octanol–water partition coefficient (Wildman–Crippen LogP) is 2.40. The van der Waals surface area contributed by atoms with Crippen molar-refractivity contribution in [1.82, 2.24) is 5.32 Å². The molecule has 0 spiro atoms. The van der Waals surface area contributed by atoms with Gasteiger partial charge in [-0.15, -0.1) is 0 Å². The molecule has 0 aliphatic carbocycles. The van der Waals surface area contributed by atoms with Gasteiger partial charge in [0.2, 0.25) is 0 Å². The van der Waals surface area contributed by atoms with Gasteiger partial charge in [-0.3, -0.25) is 4.79 Å². The molecule has 4 nitrogen and oxygen atoms in total. The van der Waals surface area contributed by atoms with E-state index in [1.807, 2.05) is 38.1 Å². The molecule has 0 heterocycles. The molecule has 3 N–H and O–H groups in total.